The lowest BCUT2D eigenvalue weighted by Gasteiger charge is -2.01. The Bertz CT molecular complexity index is 302. The zero-order chi connectivity index (χ0) is 9.68. The summed E-state index contributed by atoms with van der Waals surface area (Å²) in [6.07, 6.45) is 0.810. The van der Waals surface area contributed by atoms with Crippen molar-refractivity contribution in [3.05, 3.63) is 28.2 Å². The fraction of sp³-hybridized carbons (Fsp3) is 0.222. The molecule has 0 bridgehead atoms. The zero-order valence-electron chi connectivity index (χ0n) is 6.87. The monoisotopic (exact) mass is 260 g/mol. The molecule has 1 aromatic rings. The summed E-state index contributed by atoms with van der Waals surface area (Å²) in [5, 5.41) is 8.61. The highest BCUT2D eigenvalue weighted by molar-refractivity contribution is 9.10. The molecule has 0 saturated heterocycles. The molecule has 0 aliphatic heterocycles. The van der Waals surface area contributed by atoms with Crippen LogP contribution < -0.4 is 0 Å². The average molecular weight is 261 g/mol. The number of aliphatic hydroxyl groups is 1. The third-order valence-corrected chi connectivity index (χ3v) is 3.12. The van der Waals surface area contributed by atoms with Crippen molar-refractivity contribution < 1.29 is 9.90 Å². The number of aldehydes is 1. The van der Waals surface area contributed by atoms with Gasteiger partial charge in [0.1, 0.15) is 0 Å². The number of benzene rings is 1. The predicted octanol–water partition coefficient (Wildman–Crippen LogP) is 2.35. The van der Waals surface area contributed by atoms with Gasteiger partial charge in [0.05, 0.1) is 6.61 Å². The normalized spacial score (nSPS) is 10.0. The zero-order valence-corrected chi connectivity index (χ0v) is 9.27. The molecule has 0 aliphatic carbocycles. The van der Waals surface area contributed by atoms with Crippen LogP contribution in [0.15, 0.2) is 27.6 Å². The van der Waals surface area contributed by atoms with Crippen molar-refractivity contribution in [2.45, 2.75) is 4.90 Å². The van der Waals surface area contributed by atoms with Crippen LogP contribution in [0.4, 0.5) is 0 Å². The smallest absolute Gasteiger partial charge is 0.151 e. The van der Waals surface area contributed by atoms with Crippen molar-refractivity contribution in [2.24, 2.45) is 0 Å². The van der Waals surface area contributed by atoms with E-state index in [2.05, 4.69) is 15.9 Å². The van der Waals surface area contributed by atoms with E-state index in [0.29, 0.717) is 11.3 Å². The number of thioether (sulfide) groups is 1. The second kappa shape index (κ2) is 5.42. The molecule has 4 heteroatoms. The van der Waals surface area contributed by atoms with E-state index >= 15 is 0 Å². The third-order valence-electron chi connectivity index (χ3n) is 1.46. The Labute approximate surface area is 89.5 Å². The minimum Gasteiger partial charge on any atom is -0.396 e. The molecule has 0 atom stereocenters. The van der Waals surface area contributed by atoms with Gasteiger partial charge in [-0.25, -0.2) is 0 Å². The van der Waals surface area contributed by atoms with Gasteiger partial charge in [0.15, 0.2) is 6.29 Å². The van der Waals surface area contributed by atoms with E-state index in [1.165, 1.54) is 0 Å². The lowest BCUT2D eigenvalue weighted by Crippen LogP contribution is -1.87. The van der Waals surface area contributed by atoms with Gasteiger partial charge in [0.2, 0.25) is 0 Å². The molecule has 0 radical (unpaired) electrons. The molecule has 0 unspecified atom stereocenters. The topological polar surface area (TPSA) is 37.3 Å². The van der Waals surface area contributed by atoms with E-state index < -0.39 is 0 Å². The summed E-state index contributed by atoms with van der Waals surface area (Å²) in [7, 11) is 0. The number of aliphatic hydroxyl groups excluding tert-OH is 1. The molecule has 13 heavy (non-hydrogen) atoms. The first-order valence-electron chi connectivity index (χ1n) is 3.76. The summed E-state index contributed by atoms with van der Waals surface area (Å²) in [4.78, 5) is 11.5. The fourth-order valence-electron chi connectivity index (χ4n) is 0.857. The van der Waals surface area contributed by atoms with Crippen LogP contribution >= 0.6 is 27.7 Å². The summed E-state index contributed by atoms with van der Waals surface area (Å²) in [6, 6.07) is 5.51. The maximum Gasteiger partial charge on any atom is 0.151 e. The quantitative estimate of drug-likeness (QED) is 0.667. The van der Waals surface area contributed by atoms with Gasteiger partial charge >= 0.3 is 0 Å². The van der Waals surface area contributed by atoms with E-state index in [0.717, 1.165) is 15.7 Å². The van der Waals surface area contributed by atoms with Crippen molar-refractivity contribution in [3.8, 4) is 0 Å². The van der Waals surface area contributed by atoms with E-state index in [1.54, 1.807) is 17.8 Å². The molecule has 70 valence electrons. The van der Waals surface area contributed by atoms with Crippen molar-refractivity contribution in [1.82, 2.24) is 0 Å². The van der Waals surface area contributed by atoms with Crippen LogP contribution in [0.5, 0.6) is 0 Å². The first kappa shape index (κ1) is 10.8. The molecule has 1 rings (SSSR count). The molecule has 0 amide bonds. The number of hydrogen-bond donors (Lipinski definition) is 1. The molecule has 0 aliphatic rings. The van der Waals surface area contributed by atoms with E-state index in [4.69, 9.17) is 5.11 Å². The highest BCUT2D eigenvalue weighted by atomic mass is 79.9. The number of hydrogen-bond acceptors (Lipinski definition) is 3. The van der Waals surface area contributed by atoms with Crippen molar-refractivity contribution in [1.29, 1.82) is 0 Å². The minimum atomic E-state index is 0.164. The van der Waals surface area contributed by atoms with Gasteiger partial charge in [-0.2, -0.15) is 0 Å². The fourth-order valence-corrected chi connectivity index (χ4v) is 2.17. The first-order chi connectivity index (χ1) is 6.27. The molecule has 0 heterocycles. The van der Waals surface area contributed by atoms with Crippen LogP contribution in [-0.4, -0.2) is 23.8 Å². The Kier molecular flexibility index (Phi) is 4.48. The molecule has 1 N–H and O–H groups in total. The molecular weight excluding hydrogens is 252 g/mol. The number of carbonyl (C=O) groups excluding carboxylic acids is 1. The van der Waals surface area contributed by atoms with Crippen LogP contribution in [0.1, 0.15) is 10.4 Å². The molecule has 0 fully saturated rings. The summed E-state index contributed by atoms with van der Waals surface area (Å²) < 4.78 is 0.797. The van der Waals surface area contributed by atoms with Gasteiger partial charge in [-0.15, -0.1) is 11.8 Å². The van der Waals surface area contributed by atoms with Gasteiger partial charge in [-0.05, 0) is 18.2 Å². The summed E-state index contributed by atoms with van der Waals surface area (Å²) in [6.45, 7) is 0.164. The van der Waals surface area contributed by atoms with Gasteiger partial charge in [0, 0.05) is 20.7 Å². The average Bonchev–Trinajstić information content (AvgIpc) is 2.15. The molecular formula is C9H9BrO2S. The second-order valence-corrected chi connectivity index (χ2v) is 4.40. The van der Waals surface area contributed by atoms with Crippen LogP contribution in [0.25, 0.3) is 0 Å². The Morgan fingerprint density at radius 2 is 2.31 bits per heavy atom. The molecule has 0 aromatic heterocycles. The highest BCUT2D eigenvalue weighted by Gasteiger charge is 2.00. The lowest BCUT2D eigenvalue weighted by atomic mass is 10.2. The molecule has 0 spiro atoms. The number of carbonyl (C=O) groups is 1. The third kappa shape index (κ3) is 3.14. The summed E-state index contributed by atoms with van der Waals surface area (Å²) >= 11 is 4.85. The Hall–Kier alpha value is -0.320. The van der Waals surface area contributed by atoms with E-state index in [9.17, 15) is 4.79 Å². The maximum atomic E-state index is 10.5. The van der Waals surface area contributed by atoms with Crippen molar-refractivity contribution in [2.75, 3.05) is 12.4 Å². The van der Waals surface area contributed by atoms with E-state index in [1.807, 2.05) is 12.1 Å². The largest absolute Gasteiger partial charge is 0.396 e. The highest BCUT2D eigenvalue weighted by Crippen LogP contribution is 2.24. The maximum absolute atomic E-state index is 10.5. The number of rotatable bonds is 4. The SMILES string of the molecule is O=Cc1ccc(SCCO)cc1Br. The van der Waals surface area contributed by atoms with Crippen LogP contribution in [-0.2, 0) is 0 Å². The van der Waals surface area contributed by atoms with Gasteiger partial charge in [-0.3, -0.25) is 4.79 Å². The summed E-state index contributed by atoms with van der Waals surface area (Å²) in [5.74, 6) is 0.673. The standard InChI is InChI=1S/C9H9BrO2S/c10-9-5-8(13-4-3-11)2-1-7(9)6-12/h1-2,5-6,11H,3-4H2. The molecule has 2 nitrogen and oxygen atoms in total. The van der Waals surface area contributed by atoms with Crippen LogP contribution in [0.3, 0.4) is 0 Å². The first-order valence-corrected chi connectivity index (χ1v) is 5.54. The minimum absolute atomic E-state index is 0.164. The molecule has 0 saturated carbocycles. The Balaban J connectivity index is 2.77. The Morgan fingerprint density at radius 3 is 2.85 bits per heavy atom. The predicted molar refractivity (Wildman–Crippen MR) is 57.3 cm³/mol. The van der Waals surface area contributed by atoms with Crippen molar-refractivity contribution in [3.63, 3.8) is 0 Å². The number of halogens is 1. The lowest BCUT2D eigenvalue weighted by molar-refractivity contribution is 0.112. The molecule has 1 aromatic carbocycles. The van der Waals surface area contributed by atoms with Gasteiger partial charge < -0.3 is 5.11 Å². The van der Waals surface area contributed by atoms with Crippen molar-refractivity contribution >= 4 is 34.0 Å². The van der Waals surface area contributed by atoms with Gasteiger partial charge in [-0.1, -0.05) is 15.9 Å². The van der Waals surface area contributed by atoms with Gasteiger partial charge in [0.25, 0.3) is 0 Å². The second-order valence-electron chi connectivity index (χ2n) is 2.37. The Morgan fingerprint density at radius 1 is 1.54 bits per heavy atom. The van der Waals surface area contributed by atoms with Crippen LogP contribution in [0.2, 0.25) is 0 Å². The van der Waals surface area contributed by atoms with Crippen LogP contribution in [0, 0.1) is 0 Å². The van der Waals surface area contributed by atoms with E-state index in [-0.39, 0.29) is 6.61 Å². The summed E-state index contributed by atoms with van der Waals surface area (Å²) in [5.41, 5.74) is 0.647.